The molecule has 182 valence electrons. The zero-order chi connectivity index (χ0) is 24.0. The number of hydrogen-bond acceptors (Lipinski definition) is 4. The molecule has 1 N–H and O–H groups in total. The Balaban J connectivity index is 1.40. The molecule has 5 heteroatoms. The molecule has 0 saturated heterocycles. The van der Waals surface area contributed by atoms with Gasteiger partial charge in [0.2, 0.25) is 5.89 Å². The van der Waals surface area contributed by atoms with Crippen molar-refractivity contribution in [3.63, 3.8) is 0 Å². The lowest BCUT2D eigenvalue weighted by Gasteiger charge is -2.36. The minimum absolute atomic E-state index is 0.118. The second-order valence-electron chi connectivity index (χ2n) is 10.5. The summed E-state index contributed by atoms with van der Waals surface area (Å²) in [4.78, 5) is 4.61. The standard InChI is InChI=1S/C29H39N2O3/c1-23-14-16-24(17-15-23)22-33-19-18-31(2,3)21-27-20-30-28(34-27)29(32,25-10-6-4-7-11-25)26-12-8-5-9-13-26/h4,6-7,10-11,14-17,20,26,32H,5,8-9,12-13,18-19,21-22H2,1-3H3/q+1/t29-/m0/s1. The van der Waals surface area contributed by atoms with Crippen LogP contribution in [0.4, 0.5) is 0 Å². The fraction of sp³-hybridized carbons (Fsp3) is 0.483. The number of aromatic nitrogens is 1. The Bertz CT molecular complexity index is 1020. The van der Waals surface area contributed by atoms with Crippen LogP contribution in [0.1, 0.15) is 60.4 Å². The van der Waals surface area contributed by atoms with Gasteiger partial charge in [-0.15, -0.1) is 0 Å². The summed E-state index contributed by atoms with van der Waals surface area (Å²) in [6.45, 7) is 4.93. The average molecular weight is 464 g/mol. The van der Waals surface area contributed by atoms with Crippen molar-refractivity contribution in [2.24, 2.45) is 5.92 Å². The van der Waals surface area contributed by atoms with Crippen LogP contribution in [-0.4, -0.2) is 41.8 Å². The van der Waals surface area contributed by atoms with E-state index >= 15 is 0 Å². The van der Waals surface area contributed by atoms with E-state index in [4.69, 9.17) is 9.15 Å². The largest absolute Gasteiger partial charge is 0.436 e. The van der Waals surface area contributed by atoms with E-state index in [1.807, 2.05) is 30.3 Å². The topological polar surface area (TPSA) is 55.5 Å². The minimum atomic E-state index is -1.19. The first kappa shape index (κ1) is 24.6. The number of aliphatic hydroxyl groups is 1. The summed E-state index contributed by atoms with van der Waals surface area (Å²) in [6.07, 6.45) is 7.28. The Morgan fingerprint density at radius 3 is 2.44 bits per heavy atom. The number of hydrogen-bond donors (Lipinski definition) is 1. The van der Waals surface area contributed by atoms with Crippen molar-refractivity contribution in [2.45, 2.75) is 57.8 Å². The molecule has 0 amide bonds. The van der Waals surface area contributed by atoms with E-state index < -0.39 is 5.60 Å². The molecule has 0 radical (unpaired) electrons. The number of oxazole rings is 1. The Hall–Kier alpha value is -2.47. The van der Waals surface area contributed by atoms with Crippen LogP contribution in [0.15, 0.2) is 65.2 Å². The van der Waals surface area contributed by atoms with Crippen molar-refractivity contribution in [1.82, 2.24) is 4.98 Å². The van der Waals surface area contributed by atoms with Crippen molar-refractivity contribution < 1.29 is 18.7 Å². The van der Waals surface area contributed by atoms with Gasteiger partial charge in [-0.2, -0.15) is 0 Å². The van der Waals surface area contributed by atoms with Gasteiger partial charge in [-0.1, -0.05) is 79.4 Å². The van der Waals surface area contributed by atoms with Gasteiger partial charge in [0.15, 0.2) is 11.4 Å². The van der Waals surface area contributed by atoms with E-state index in [-0.39, 0.29) is 5.92 Å². The third-order valence-electron chi connectivity index (χ3n) is 7.10. The van der Waals surface area contributed by atoms with Gasteiger partial charge in [0.1, 0.15) is 13.1 Å². The van der Waals surface area contributed by atoms with E-state index in [0.717, 1.165) is 48.0 Å². The van der Waals surface area contributed by atoms with Gasteiger partial charge in [0, 0.05) is 5.92 Å². The number of nitrogens with zero attached hydrogens (tertiary/aromatic N) is 2. The molecule has 0 spiro atoms. The molecule has 1 fully saturated rings. The first-order valence-electron chi connectivity index (χ1n) is 12.6. The predicted molar refractivity (Wildman–Crippen MR) is 134 cm³/mol. The highest BCUT2D eigenvalue weighted by molar-refractivity contribution is 5.30. The molecule has 5 nitrogen and oxygen atoms in total. The van der Waals surface area contributed by atoms with E-state index in [2.05, 4.69) is 50.3 Å². The Morgan fingerprint density at radius 1 is 1.03 bits per heavy atom. The van der Waals surface area contributed by atoms with Crippen LogP contribution >= 0.6 is 0 Å². The van der Waals surface area contributed by atoms with Crippen LogP contribution in [0.2, 0.25) is 0 Å². The van der Waals surface area contributed by atoms with Crippen LogP contribution in [0.25, 0.3) is 0 Å². The second kappa shape index (κ2) is 10.9. The van der Waals surface area contributed by atoms with Crippen LogP contribution in [0, 0.1) is 12.8 Å². The highest BCUT2D eigenvalue weighted by Crippen LogP contribution is 2.43. The van der Waals surface area contributed by atoms with Crippen LogP contribution < -0.4 is 0 Å². The number of benzene rings is 2. The summed E-state index contributed by atoms with van der Waals surface area (Å²) in [5.74, 6) is 1.34. The molecular weight excluding hydrogens is 424 g/mol. The number of rotatable bonds is 10. The average Bonchev–Trinajstić information content (AvgIpc) is 3.32. The summed E-state index contributed by atoms with van der Waals surface area (Å²) in [5.41, 5.74) is 2.14. The molecule has 1 aliphatic carbocycles. The monoisotopic (exact) mass is 463 g/mol. The number of quaternary nitrogens is 1. The molecule has 2 aromatic carbocycles. The molecule has 1 aromatic heterocycles. The molecule has 1 heterocycles. The highest BCUT2D eigenvalue weighted by atomic mass is 16.5. The number of likely N-dealkylation sites (N-methyl/N-ethyl adjacent to an activating group) is 1. The maximum Gasteiger partial charge on any atom is 0.231 e. The Kier molecular flexibility index (Phi) is 7.87. The number of ether oxygens (including phenoxy) is 1. The van der Waals surface area contributed by atoms with E-state index in [1.165, 1.54) is 17.5 Å². The van der Waals surface area contributed by atoms with Crippen LogP contribution in [0.3, 0.4) is 0 Å². The third kappa shape index (κ3) is 5.96. The Morgan fingerprint density at radius 2 is 1.74 bits per heavy atom. The molecular formula is C29H39N2O3+. The molecule has 0 unspecified atom stereocenters. The van der Waals surface area contributed by atoms with Crippen molar-refractivity contribution >= 4 is 0 Å². The maximum absolute atomic E-state index is 12.0. The van der Waals surface area contributed by atoms with Gasteiger partial charge in [0.05, 0.1) is 33.5 Å². The molecule has 34 heavy (non-hydrogen) atoms. The second-order valence-corrected chi connectivity index (χ2v) is 10.5. The lowest BCUT2D eigenvalue weighted by Crippen LogP contribution is -2.41. The smallest absolute Gasteiger partial charge is 0.231 e. The molecule has 1 saturated carbocycles. The summed E-state index contributed by atoms with van der Waals surface area (Å²) >= 11 is 0. The fourth-order valence-electron chi connectivity index (χ4n) is 4.99. The fourth-order valence-corrected chi connectivity index (χ4v) is 4.99. The first-order chi connectivity index (χ1) is 16.4. The predicted octanol–water partition coefficient (Wildman–Crippen LogP) is 5.59. The van der Waals surface area contributed by atoms with Gasteiger partial charge in [-0.25, -0.2) is 4.98 Å². The quantitative estimate of drug-likeness (QED) is 0.314. The van der Waals surface area contributed by atoms with Crippen molar-refractivity contribution in [3.8, 4) is 0 Å². The summed E-state index contributed by atoms with van der Waals surface area (Å²) < 4.78 is 12.9. The number of aryl methyl sites for hydroxylation is 1. The van der Waals surface area contributed by atoms with Gasteiger partial charge in [-0.05, 0) is 30.9 Å². The first-order valence-corrected chi connectivity index (χ1v) is 12.6. The van der Waals surface area contributed by atoms with Gasteiger partial charge >= 0.3 is 0 Å². The highest BCUT2D eigenvalue weighted by Gasteiger charge is 2.44. The minimum Gasteiger partial charge on any atom is -0.436 e. The molecule has 0 aliphatic heterocycles. The van der Waals surface area contributed by atoms with Crippen LogP contribution in [0.5, 0.6) is 0 Å². The zero-order valence-electron chi connectivity index (χ0n) is 20.9. The molecule has 3 aromatic rings. The van der Waals surface area contributed by atoms with Gasteiger partial charge in [0.25, 0.3) is 0 Å². The van der Waals surface area contributed by atoms with Gasteiger partial charge in [-0.3, -0.25) is 0 Å². The van der Waals surface area contributed by atoms with Crippen LogP contribution in [-0.2, 0) is 23.5 Å². The normalized spacial score (nSPS) is 16.9. The summed E-state index contributed by atoms with van der Waals surface area (Å²) in [7, 11) is 4.34. The SMILES string of the molecule is Cc1ccc(COCC[N+](C)(C)Cc2cnc([C@](O)(c3ccccc3)C3CCCCC3)o2)cc1. The lowest BCUT2D eigenvalue weighted by molar-refractivity contribution is -0.905. The molecule has 1 aliphatic rings. The molecule has 0 bridgehead atoms. The van der Waals surface area contributed by atoms with Crippen molar-refractivity contribution in [3.05, 3.63) is 89.1 Å². The van der Waals surface area contributed by atoms with E-state index in [1.54, 1.807) is 6.20 Å². The maximum atomic E-state index is 12.0. The molecule has 4 rings (SSSR count). The van der Waals surface area contributed by atoms with Crippen molar-refractivity contribution in [2.75, 3.05) is 27.2 Å². The zero-order valence-corrected chi connectivity index (χ0v) is 20.9. The van der Waals surface area contributed by atoms with Crippen molar-refractivity contribution in [1.29, 1.82) is 0 Å². The van der Waals surface area contributed by atoms with E-state index in [9.17, 15) is 5.11 Å². The molecule has 1 atom stereocenters. The third-order valence-corrected chi connectivity index (χ3v) is 7.10. The Labute approximate surface area is 204 Å². The van der Waals surface area contributed by atoms with E-state index in [0.29, 0.717) is 25.6 Å². The summed E-state index contributed by atoms with van der Waals surface area (Å²) in [5, 5.41) is 12.0. The lowest BCUT2D eigenvalue weighted by atomic mass is 9.73. The summed E-state index contributed by atoms with van der Waals surface area (Å²) in [6, 6.07) is 18.4. The van der Waals surface area contributed by atoms with Gasteiger partial charge < -0.3 is 18.7 Å².